The molecule has 0 N–H and O–H groups in total. The molecule has 3 heterocycles. The number of rotatable bonds is 2. The van der Waals surface area contributed by atoms with Gasteiger partial charge in [0.2, 0.25) is 0 Å². The molecule has 2 aromatic rings. The van der Waals surface area contributed by atoms with Crippen LogP contribution in [0.3, 0.4) is 0 Å². The quantitative estimate of drug-likeness (QED) is 0.614. The highest BCUT2D eigenvalue weighted by Gasteiger charge is 2.22. The molecule has 0 saturated carbocycles. The summed E-state index contributed by atoms with van der Waals surface area (Å²) in [5.41, 5.74) is 0.719. The molecule has 1 aliphatic rings. The van der Waals surface area contributed by atoms with E-state index >= 15 is 0 Å². The van der Waals surface area contributed by atoms with Crippen LogP contribution in [0.1, 0.15) is 9.80 Å². The lowest BCUT2D eigenvalue weighted by molar-refractivity contribution is 0.0303. The highest BCUT2D eigenvalue weighted by molar-refractivity contribution is 7.98. The van der Waals surface area contributed by atoms with Crippen molar-refractivity contribution in [3.63, 3.8) is 0 Å². The van der Waals surface area contributed by atoms with Gasteiger partial charge in [0, 0.05) is 13.1 Å². The van der Waals surface area contributed by atoms with Crippen LogP contribution in [-0.2, 0) is 4.74 Å². The second kappa shape index (κ2) is 5.40. The minimum atomic E-state index is -0.0432. The van der Waals surface area contributed by atoms with Crippen molar-refractivity contribution >= 4 is 39.4 Å². The molecule has 0 radical (unpaired) electrons. The Bertz CT molecular complexity index is 610. The molecule has 1 amide bonds. The van der Waals surface area contributed by atoms with Crippen molar-refractivity contribution < 1.29 is 9.53 Å². The Morgan fingerprint density at radius 1 is 1.42 bits per heavy atom. The lowest BCUT2D eigenvalue weighted by Gasteiger charge is -2.25. The number of amides is 1. The first kappa shape index (κ1) is 12.8. The summed E-state index contributed by atoms with van der Waals surface area (Å²) in [4.78, 5) is 27.6. The number of fused-ring (bicyclic) bond motifs is 1. The number of thioether (sulfide) groups is 1. The van der Waals surface area contributed by atoms with Gasteiger partial charge in [0.1, 0.15) is 21.7 Å². The molecule has 6 nitrogen and oxygen atoms in total. The molecular weight excluding hydrogens is 284 g/mol. The monoisotopic (exact) mass is 296 g/mol. The zero-order valence-corrected chi connectivity index (χ0v) is 12.0. The van der Waals surface area contributed by atoms with Gasteiger partial charge in [0.25, 0.3) is 5.91 Å². The van der Waals surface area contributed by atoms with Crippen LogP contribution in [-0.4, -0.2) is 58.3 Å². The number of hydrogen-bond acceptors (Lipinski definition) is 7. The summed E-state index contributed by atoms with van der Waals surface area (Å²) in [6.45, 7) is 2.42. The van der Waals surface area contributed by atoms with Crippen LogP contribution >= 0.6 is 23.1 Å². The summed E-state index contributed by atoms with van der Waals surface area (Å²) < 4.78 is 5.24. The van der Waals surface area contributed by atoms with Crippen molar-refractivity contribution in [2.24, 2.45) is 0 Å². The molecule has 0 spiro atoms. The minimum absolute atomic E-state index is 0.0432. The Hall–Kier alpha value is -1.25. The summed E-state index contributed by atoms with van der Waals surface area (Å²) in [7, 11) is 0. The van der Waals surface area contributed by atoms with Gasteiger partial charge in [-0.25, -0.2) is 15.0 Å². The molecule has 1 saturated heterocycles. The molecule has 0 atom stereocenters. The van der Waals surface area contributed by atoms with E-state index in [0.717, 1.165) is 15.4 Å². The SMILES string of the molecule is CSc1ncnc2sc(C(=O)N3CCOCC3)nc12. The number of carbonyl (C=O) groups is 1. The highest BCUT2D eigenvalue weighted by atomic mass is 32.2. The third kappa shape index (κ3) is 2.43. The van der Waals surface area contributed by atoms with E-state index in [4.69, 9.17) is 4.74 Å². The minimum Gasteiger partial charge on any atom is -0.378 e. The van der Waals surface area contributed by atoms with Crippen molar-refractivity contribution in [1.29, 1.82) is 0 Å². The maximum Gasteiger partial charge on any atom is 0.283 e. The average Bonchev–Trinajstić information content (AvgIpc) is 2.91. The normalized spacial score (nSPS) is 15.9. The standard InChI is InChI=1S/C11H12N4O2S2/c1-18-8-7-9(13-6-12-8)19-10(14-7)11(16)15-2-4-17-5-3-15/h6H,2-5H2,1H3. The van der Waals surface area contributed by atoms with E-state index in [1.165, 1.54) is 29.4 Å². The van der Waals surface area contributed by atoms with E-state index in [2.05, 4.69) is 15.0 Å². The Morgan fingerprint density at radius 2 is 2.21 bits per heavy atom. The van der Waals surface area contributed by atoms with Crippen molar-refractivity contribution in [3.05, 3.63) is 11.3 Å². The molecule has 3 rings (SSSR count). The Labute approximate surface area is 118 Å². The molecule has 8 heteroatoms. The van der Waals surface area contributed by atoms with Crippen LogP contribution in [0.25, 0.3) is 10.3 Å². The van der Waals surface area contributed by atoms with Crippen LogP contribution in [0, 0.1) is 0 Å². The summed E-state index contributed by atoms with van der Waals surface area (Å²) in [6, 6.07) is 0. The second-order valence-corrected chi connectivity index (χ2v) is 5.73. The molecule has 0 aliphatic carbocycles. The van der Waals surface area contributed by atoms with E-state index in [-0.39, 0.29) is 5.91 Å². The number of hydrogen-bond donors (Lipinski definition) is 0. The third-order valence-electron chi connectivity index (χ3n) is 2.84. The molecule has 100 valence electrons. The largest absolute Gasteiger partial charge is 0.378 e. The fourth-order valence-corrected chi connectivity index (χ4v) is 3.30. The lowest BCUT2D eigenvalue weighted by Crippen LogP contribution is -2.40. The Kier molecular flexibility index (Phi) is 3.63. The average molecular weight is 296 g/mol. The third-order valence-corrected chi connectivity index (χ3v) is 4.47. The van der Waals surface area contributed by atoms with Gasteiger partial charge in [-0.1, -0.05) is 11.3 Å². The van der Waals surface area contributed by atoms with Crippen LogP contribution in [0.2, 0.25) is 0 Å². The van der Waals surface area contributed by atoms with Gasteiger partial charge < -0.3 is 9.64 Å². The van der Waals surface area contributed by atoms with E-state index in [1.54, 1.807) is 4.90 Å². The number of nitrogens with zero attached hydrogens (tertiary/aromatic N) is 4. The first-order valence-electron chi connectivity index (χ1n) is 5.82. The lowest BCUT2D eigenvalue weighted by atomic mass is 10.4. The predicted molar refractivity (Wildman–Crippen MR) is 73.7 cm³/mol. The van der Waals surface area contributed by atoms with Crippen LogP contribution in [0.5, 0.6) is 0 Å². The Morgan fingerprint density at radius 3 is 2.95 bits per heavy atom. The Balaban J connectivity index is 1.94. The molecule has 1 fully saturated rings. The highest BCUT2D eigenvalue weighted by Crippen LogP contribution is 2.27. The van der Waals surface area contributed by atoms with Crippen molar-refractivity contribution in [3.8, 4) is 0 Å². The predicted octanol–water partition coefficient (Wildman–Crippen LogP) is 1.28. The molecule has 1 aliphatic heterocycles. The van der Waals surface area contributed by atoms with E-state index in [1.807, 2.05) is 6.26 Å². The molecule has 2 aromatic heterocycles. The van der Waals surface area contributed by atoms with E-state index in [9.17, 15) is 4.79 Å². The molecule has 0 bridgehead atoms. The fraction of sp³-hybridized carbons (Fsp3) is 0.455. The topological polar surface area (TPSA) is 68.2 Å². The van der Waals surface area contributed by atoms with Crippen molar-refractivity contribution in [2.75, 3.05) is 32.6 Å². The van der Waals surface area contributed by atoms with Crippen molar-refractivity contribution in [1.82, 2.24) is 19.9 Å². The van der Waals surface area contributed by atoms with Crippen molar-refractivity contribution in [2.45, 2.75) is 5.03 Å². The number of carbonyl (C=O) groups excluding carboxylic acids is 1. The van der Waals surface area contributed by atoms with Gasteiger partial charge in [-0.3, -0.25) is 4.79 Å². The maximum absolute atomic E-state index is 12.3. The smallest absolute Gasteiger partial charge is 0.283 e. The fourth-order valence-electron chi connectivity index (χ4n) is 1.88. The zero-order valence-electron chi connectivity index (χ0n) is 10.3. The summed E-state index contributed by atoms with van der Waals surface area (Å²) in [5, 5.41) is 1.29. The first-order chi connectivity index (χ1) is 9.29. The van der Waals surface area contributed by atoms with Gasteiger partial charge in [0.05, 0.1) is 13.2 Å². The number of aromatic nitrogens is 3. The van der Waals surface area contributed by atoms with E-state index < -0.39 is 0 Å². The van der Waals surface area contributed by atoms with Crippen LogP contribution in [0.15, 0.2) is 11.4 Å². The second-order valence-electron chi connectivity index (χ2n) is 3.96. The van der Waals surface area contributed by atoms with Crippen LogP contribution in [0.4, 0.5) is 0 Å². The summed E-state index contributed by atoms with van der Waals surface area (Å²) in [6.07, 6.45) is 3.44. The number of ether oxygens (including phenoxy) is 1. The first-order valence-corrected chi connectivity index (χ1v) is 7.86. The summed E-state index contributed by atoms with van der Waals surface area (Å²) in [5.74, 6) is -0.0432. The molecule has 19 heavy (non-hydrogen) atoms. The molecular formula is C11H12N4O2S2. The van der Waals surface area contributed by atoms with Crippen LogP contribution < -0.4 is 0 Å². The molecule has 0 unspecified atom stereocenters. The zero-order chi connectivity index (χ0) is 13.2. The summed E-state index contributed by atoms with van der Waals surface area (Å²) >= 11 is 2.83. The van der Waals surface area contributed by atoms with Gasteiger partial charge >= 0.3 is 0 Å². The van der Waals surface area contributed by atoms with Gasteiger partial charge in [0.15, 0.2) is 5.01 Å². The maximum atomic E-state index is 12.3. The van der Waals surface area contributed by atoms with Gasteiger partial charge in [-0.2, -0.15) is 0 Å². The number of thiazole rings is 1. The molecule has 0 aromatic carbocycles. The van der Waals surface area contributed by atoms with Gasteiger partial charge in [-0.15, -0.1) is 11.8 Å². The van der Waals surface area contributed by atoms with E-state index in [0.29, 0.717) is 31.3 Å². The number of morpholine rings is 1. The van der Waals surface area contributed by atoms with Gasteiger partial charge in [-0.05, 0) is 6.26 Å².